The number of nitrogens with zero attached hydrogens (tertiary/aromatic N) is 2. The number of amides is 1. The summed E-state index contributed by atoms with van der Waals surface area (Å²) in [5.74, 6) is -0.252. The molecule has 0 aromatic heterocycles. The predicted molar refractivity (Wildman–Crippen MR) is 95.5 cm³/mol. The summed E-state index contributed by atoms with van der Waals surface area (Å²) >= 11 is 0. The highest BCUT2D eigenvalue weighted by Crippen LogP contribution is 2.16. The molecule has 0 aliphatic carbocycles. The number of likely N-dealkylation sites (N-methyl/N-ethyl adjacent to an activating group) is 1. The van der Waals surface area contributed by atoms with Gasteiger partial charge in [-0.3, -0.25) is 9.69 Å². The zero-order valence-electron chi connectivity index (χ0n) is 15.1. The SMILES string of the molecule is CCN1CCN(C(C)(C)CNC(=O)CCc2ccccc2F)CC1. The van der Waals surface area contributed by atoms with Crippen LogP contribution in [0.2, 0.25) is 0 Å². The molecule has 1 aliphatic heterocycles. The summed E-state index contributed by atoms with van der Waals surface area (Å²) in [5, 5.41) is 3.02. The van der Waals surface area contributed by atoms with Crippen molar-refractivity contribution in [2.75, 3.05) is 39.3 Å². The number of piperazine rings is 1. The standard InChI is InChI=1S/C19H30FN3O/c1-4-22-11-13-23(14-12-22)19(2,3)15-21-18(24)10-9-16-7-5-6-8-17(16)20/h5-8H,4,9-15H2,1-3H3,(H,21,24). The van der Waals surface area contributed by atoms with Gasteiger partial charge in [0.05, 0.1) is 0 Å². The molecule has 0 saturated carbocycles. The average molecular weight is 335 g/mol. The van der Waals surface area contributed by atoms with Gasteiger partial charge < -0.3 is 10.2 Å². The summed E-state index contributed by atoms with van der Waals surface area (Å²) in [6, 6.07) is 6.64. The maximum absolute atomic E-state index is 13.6. The van der Waals surface area contributed by atoms with E-state index in [0.29, 0.717) is 24.9 Å². The Balaban J connectivity index is 1.75. The van der Waals surface area contributed by atoms with E-state index in [9.17, 15) is 9.18 Å². The summed E-state index contributed by atoms with van der Waals surface area (Å²) in [4.78, 5) is 17.0. The van der Waals surface area contributed by atoms with Crippen molar-refractivity contribution >= 4 is 5.91 Å². The van der Waals surface area contributed by atoms with Crippen LogP contribution in [0.1, 0.15) is 32.8 Å². The van der Waals surface area contributed by atoms with Crippen LogP contribution in [0.15, 0.2) is 24.3 Å². The third-order valence-electron chi connectivity index (χ3n) is 4.97. The summed E-state index contributed by atoms with van der Waals surface area (Å²) in [6.45, 7) is 12.5. The van der Waals surface area contributed by atoms with Crippen LogP contribution in [0, 0.1) is 5.82 Å². The van der Waals surface area contributed by atoms with Gasteiger partial charge in [0.25, 0.3) is 0 Å². The lowest BCUT2D eigenvalue weighted by atomic mass is 10.0. The minimum atomic E-state index is -0.237. The number of hydrogen-bond donors (Lipinski definition) is 1. The van der Waals surface area contributed by atoms with E-state index in [0.717, 1.165) is 32.7 Å². The Morgan fingerprint density at radius 3 is 2.50 bits per heavy atom. The van der Waals surface area contributed by atoms with Crippen LogP contribution in [0.5, 0.6) is 0 Å². The highest BCUT2D eigenvalue weighted by Gasteiger charge is 2.29. The second-order valence-electron chi connectivity index (χ2n) is 7.10. The molecule has 0 radical (unpaired) electrons. The normalized spacial score (nSPS) is 17.0. The first-order chi connectivity index (χ1) is 11.4. The molecule has 1 saturated heterocycles. The Hall–Kier alpha value is -1.46. The number of rotatable bonds is 7. The summed E-state index contributed by atoms with van der Waals surface area (Å²) < 4.78 is 13.6. The minimum Gasteiger partial charge on any atom is -0.354 e. The highest BCUT2D eigenvalue weighted by atomic mass is 19.1. The lowest BCUT2D eigenvalue weighted by Crippen LogP contribution is -2.58. The fraction of sp³-hybridized carbons (Fsp3) is 0.632. The predicted octanol–water partition coefficient (Wildman–Crippen LogP) is 2.29. The molecule has 1 aromatic rings. The lowest BCUT2D eigenvalue weighted by molar-refractivity contribution is -0.121. The molecule has 4 nitrogen and oxygen atoms in total. The van der Waals surface area contributed by atoms with Crippen molar-refractivity contribution in [1.29, 1.82) is 0 Å². The lowest BCUT2D eigenvalue weighted by Gasteiger charge is -2.44. The fourth-order valence-corrected chi connectivity index (χ4v) is 3.13. The summed E-state index contributed by atoms with van der Waals surface area (Å²) in [7, 11) is 0. The van der Waals surface area contributed by atoms with Gasteiger partial charge in [0, 0.05) is 44.7 Å². The topological polar surface area (TPSA) is 35.6 Å². The molecular weight excluding hydrogens is 305 g/mol. The van der Waals surface area contributed by atoms with Crippen LogP contribution in [0.3, 0.4) is 0 Å². The maximum Gasteiger partial charge on any atom is 0.220 e. The second kappa shape index (κ2) is 8.58. The van der Waals surface area contributed by atoms with Crippen LogP contribution in [0.4, 0.5) is 4.39 Å². The van der Waals surface area contributed by atoms with Crippen LogP contribution < -0.4 is 5.32 Å². The van der Waals surface area contributed by atoms with Crippen molar-refractivity contribution in [2.45, 2.75) is 39.2 Å². The smallest absolute Gasteiger partial charge is 0.220 e. The molecule has 5 heteroatoms. The van der Waals surface area contributed by atoms with Gasteiger partial charge >= 0.3 is 0 Å². The zero-order chi connectivity index (χ0) is 17.6. The Labute approximate surface area is 145 Å². The van der Waals surface area contributed by atoms with Gasteiger partial charge in [-0.05, 0) is 38.4 Å². The van der Waals surface area contributed by atoms with Crippen LogP contribution in [-0.2, 0) is 11.2 Å². The molecule has 1 aliphatic rings. The molecule has 0 bridgehead atoms. The Morgan fingerprint density at radius 1 is 1.21 bits per heavy atom. The van der Waals surface area contributed by atoms with Crippen molar-refractivity contribution in [3.05, 3.63) is 35.6 Å². The average Bonchev–Trinajstić information content (AvgIpc) is 2.59. The van der Waals surface area contributed by atoms with E-state index in [4.69, 9.17) is 0 Å². The van der Waals surface area contributed by atoms with Crippen molar-refractivity contribution < 1.29 is 9.18 Å². The molecule has 2 rings (SSSR count). The zero-order valence-corrected chi connectivity index (χ0v) is 15.1. The molecule has 1 N–H and O–H groups in total. The monoisotopic (exact) mass is 335 g/mol. The number of aryl methyl sites for hydroxylation is 1. The first-order valence-corrected chi connectivity index (χ1v) is 8.90. The van der Waals surface area contributed by atoms with Gasteiger partial charge in [0.1, 0.15) is 5.82 Å². The highest BCUT2D eigenvalue weighted by molar-refractivity contribution is 5.76. The van der Waals surface area contributed by atoms with Crippen LogP contribution in [-0.4, -0.2) is 60.5 Å². The van der Waals surface area contributed by atoms with E-state index in [1.54, 1.807) is 18.2 Å². The summed E-state index contributed by atoms with van der Waals surface area (Å²) in [6.07, 6.45) is 0.759. The van der Waals surface area contributed by atoms with Crippen molar-refractivity contribution in [1.82, 2.24) is 15.1 Å². The van der Waals surface area contributed by atoms with Crippen molar-refractivity contribution in [2.24, 2.45) is 0 Å². The van der Waals surface area contributed by atoms with E-state index in [2.05, 4.69) is 35.9 Å². The van der Waals surface area contributed by atoms with Crippen molar-refractivity contribution in [3.8, 4) is 0 Å². The van der Waals surface area contributed by atoms with E-state index >= 15 is 0 Å². The van der Waals surface area contributed by atoms with Crippen molar-refractivity contribution in [3.63, 3.8) is 0 Å². The quantitative estimate of drug-likeness (QED) is 0.830. The molecule has 134 valence electrons. The van der Waals surface area contributed by atoms with Crippen LogP contribution >= 0.6 is 0 Å². The Kier molecular flexibility index (Phi) is 6.75. The third kappa shape index (κ3) is 5.28. The molecule has 1 heterocycles. The Bertz CT molecular complexity index is 539. The number of halogens is 1. The largest absolute Gasteiger partial charge is 0.354 e. The second-order valence-corrected chi connectivity index (χ2v) is 7.10. The summed E-state index contributed by atoms with van der Waals surface area (Å²) in [5.41, 5.74) is 0.538. The Morgan fingerprint density at radius 2 is 1.88 bits per heavy atom. The minimum absolute atomic E-state index is 0.0153. The van der Waals surface area contributed by atoms with Gasteiger partial charge in [0.2, 0.25) is 5.91 Å². The number of carbonyl (C=O) groups excluding carboxylic acids is 1. The van der Waals surface area contributed by atoms with E-state index in [1.165, 1.54) is 6.07 Å². The van der Waals surface area contributed by atoms with Gasteiger partial charge in [-0.2, -0.15) is 0 Å². The van der Waals surface area contributed by atoms with Gasteiger partial charge in [-0.1, -0.05) is 25.1 Å². The third-order valence-corrected chi connectivity index (χ3v) is 4.97. The van der Waals surface area contributed by atoms with Crippen LogP contribution in [0.25, 0.3) is 0 Å². The first-order valence-electron chi connectivity index (χ1n) is 8.90. The molecule has 1 amide bonds. The molecule has 0 unspecified atom stereocenters. The molecule has 1 fully saturated rings. The number of benzene rings is 1. The van der Waals surface area contributed by atoms with E-state index in [-0.39, 0.29) is 17.3 Å². The van der Waals surface area contributed by atoms with E-state index < -0.39 is 0 Å². The molecular formula is C19H30FN3O. The van der Waals surface area contributed by atoms with Gasteiger partial charge in [0.15, 0.2) is 0 Å². The molecule has 24 heavy (non-hydrogen) atoms. The molecule has 0 spiro atoms. The molecule has 0 atom stereocenters. The van der Waals surface area contributed by atoms with Gasteiger partial charge in [-0.25, -0.2) is 4.39 Å². The number of carbonyl (C=O) groups is 1. The fourth-order valence-electron chi connectivity index (χ4n) is 3.13. The number of nitrogens with one attached hydrogen (secondary N) is 1. The van der Waals surface area contributed by atoms with Gasteiger partial charge in [-0.15, -0.1) is 0 Å². The first kappa shape index (κ1) is 18.9. The molecule has 1 aromatic carbocycles. The maximum atomic E-state index is 13.6. The number of hydrogen-bond acceptors (Lipinski definition) is 3. The van der Waals surface area contributed by atoms with E-state index in [1.807, 2.05) is 0 Å².